The van der Waals surface area contributed by atoms with E-state index >= 15 is 0 Å². The summed E-state index contributed by atoms with van der Waals surface area (Å²) in [6, 6.07) is 6.83. The molecule has 0 unspecified atom stereocenters. The lowest BCUT2D eigenvalue weighted by Crippen LogP contribution is -2.61. The van der Waals surface area contributed by atoms with E-state index in [1.807, 2.05) is 13.8 Å². The van der Waals surface area contributed by atoms with Gasteiger partial charge in [0.1, 0.15) is 18.2 Å². The van der Waals surface area contributed by atoms with Gasteiger partial charge in [0.15, 0.2) is 0 Å². The first-order chi connectivity index (χ1) is 15.0. The molecule has 0 radical (unpaired) electrons. The molecule has 2 aromatic rings. The average Bonchev–Trinajstić information content (AvgIpc) is 2.63. The van der Waals surface area contributed by atoms with E-state index in [-0.39, 0.29) is 24.1 Å². The van der Waals surface area contributed by atoms with Gasteiger partial charge in [-0.2, -0.15) is 13.2 Å². The number of rotatable bonds is 7. The minimum Gasteiger partial charge on any atom is -0.491 e. The van der Waals surface area contributed by atoms with Gasteiger partial charge >= 0.3 is 12.3 Å². The van der Waals surface area contributed by atoms with Gasteiger partial charge in [-0.1, -0.05) is 19.9 Å². The minimum atomic E-state index is -4.67. The predicted molar refractivity (Wildman–Crippen MR) is 122 cm³/mol. The van der Waals surface area contributed by atoms with E-state index in [2.05, 4.69) is 4.98 Å². The maximum Gasteiger partial charge on any atom is 0.419 e. The molecule has 0 fully saturated rings. The summed E-state index contributed by atoms with van der Waals surface area (Å²) < 4.78 is 47.4. The second-order valence-corrected chi connectivity index (χ2v) is 9.85. The summed E-state index contributed by atoms with van der Waals surface area (Å²) >= 11 is 0. The van der Waals surface area contributed by atoms with Crippen LogP contribution in [0.25, 0.3) is 11.1 Å². The van der Waals surface area contributed by atoms with Crippen molar-refractivity contribution in [3.8, 4) is 16.9 Å². The standard InChI is InChI=1S/C24H32F3N3O3/c1-15(2)13-23(6,30(21(31)32)22(3,4)5)14-33-19-8-7-16(11-18(19)24(25,26)27)17-9-10-29-20(28)12-17/h7-12,15H,13-14H2,1-6H3,(H2,28,29)(H,31,32)/t23-/m0/s1. The van der Waals surface area contributed by atoms with Gasteiger partial charge in [0.05, 0.1) is 11.1 Å². The lowest BCUT2D eigenvalue weighted by atomic mass is 9.86. The monoisotopic (exact) mass is 467 g/mol. The lowest BCUT2D eigenvalue weighted by Gasteiger charge is -2.47. The Balaban J connectivity index is 2.47. The number of alkyl halides is 3. The summed E-state index contributed by atoms with van der Waals surface area (Å²) in [6.45, 7) is 10.6. The van der Waals surface area contributed by atoms with E-state index in [9.17, 15) is 23.1 Å². The van der Waals surface area contributed by atoms with Gasteiger partial charge in [-0.3, -0.25) is 4.90 Å². The van der Waals surface area contributed by atoms with E-state index in [4.69, 9.17) is 10.5 Å². The van der Waals surface area contributed by atoms with Crippen LogP contribution in [0, 0.1) is 5.92 Å². The van der Waals surface area contributed by atoms with E-state index in [1.54, 1.807) is 33.8 Å². The quantitative estimate of drug-likeness (QED) is 0.498. The lowest BCUT2D eigenvalue weighted by molar-refractivity contribution is -0.139. The third-order valence-electron chi connectivity index (χ3n) is 5.19. The molecule has 0 saturated carbocycles. The van der Waals surface area contributed by atoms with E-state index in [1.165, 1.54) is 29.3 Å². The number of carboxylic acid groups (broad SMARTS) is 1. The van der Waals surface area contributed by atoms with Crippen LogP contribution in [-0.2, 0) is 6.18 Å². The molecule has 0 aliphatic rings. The van der Waals surface area contributed by atoms with Crippen LogP contribution in [0.4, 0.5) is 23.8 Å². The van der Waals surface area contributed by atoms with E-state index in [0.29, 0.717) is 17.5 Å². The van der Waals surface area contributed by atoms with Gasteiger partial charge < -0.3 is 15.6 Å². The Kier molecular flexibility index (Phi) is 7.56. The van der Waals surface area contributed by atoms with Crippen molar-refractivity contribution >= 4 is 11.9 Å². The number of benzene rings is 1. The summed E-state index contributed by atoms with van der Waals surface area (Å²) in [5.41, 5.74) is 3.69. The Hall–Kier alpha value is -2.97. The van der Waals surface area contributed by atoms with E-state index in [0.717, 1.165) is 6.07 Å². The predicted octanol–water partition coefficient (Wildman–Crippen LogP) is 6.31. The molecule has 33 heavy (non-hydrogen) atoms. The zero-order chi connectivity index (χ0) is 25.2. The number of halogens is 3. The van der Waals surface area contributed by atoms with Crippen LogP contribution in [0.2, 0.25) is 0 Å². The molecular formula is C24H32F3N3O3. The van der Waals surface area contributed by atoms with Gasteiger partial charge in [0, 0.05) is 11.7 Å². The van der Waals surface area contributed by atoms with Gasteiger partial charge in [-0.25, -0.2) is 9.78 Å². The molecule has 3 N–H and O–H groups in total. The number of nitrogens with zero attached hydrogens (tertiary/aromatic N) is 2. The summed E-state index contributed by atoms with van der Waals surface area (Å²) in [6.07, 6.45) is -4.00. The van der Waals surface area contributed by atoms with Crippen molar-refractivity contribution in [2.24, 2.45) is 5.92 Å². The number of carbonyl (C=O) groups is 1. The Morgan fingerprint density at radius 3 is 2.21 bits per heavy atom. The van der Waals surface area contributed by atoms with E-state index < -0.39 is 28.9 Å². The Morgan fingerprint density at radius 2 is 1.73 bits per heavy atom. The van der Waals surface area contributed by atoms with Gasteiger partial charge in [0.2, 0.25) is 0 Å². The molecule has 0 aliphatic heterocycles. The molecule has 1 atom stereocenters. The van der Waals surface area contributed by atoms with Gasteiger partial charge in [-0.15, -0.1) is 0 Å². The van der Waals surface area contributed by atoms with Crippen molar-refractivity contribution in [1.82, 2.24) is 9.88 Å². The zero-order valence-corrected chi connectivity index (χ0v) is 19.8. The summed E-state index contributed by atoms with van der Waals surface area (Å²) in [5, 5.41) is 9.90. The second-order valence-electron chi connectivity index (χ2n) is 9.85. The maximum absolute atomic E-state index is 13.9. The fourth-order valence-electron chi connectivity index (χ4n) is 4.34. The van der Waals surface area contributed by atoms with Crippen LogP contribution in [0.15, 0.2) is 36.5 Å². The highest BCUT2D eigenvalue weighted by molar-refractivity contribution is 5.68. The van der Waals surface area contributed by atoms with Crippen molar-refractivity contribution in [2.75, 3.05) is 12.3 Å². The fraction of sp³-hybridized carbons (Fsp3) is 0.500. The van der Waals surface area contributed by atoms with Crippen molar-refractivity contribution in [2.45, 2.75) is 65.2 Å². The number of hydrogen-bond acceptors (Lipinski definition) is 4. The smallest absolute Gasteiger partial charge is 0.419 e. The molecule has 1 amide bonds. The van der Waals surface area contributed by atoms with Gasteiger partial charge in [0.25, 0.3) is 0 Å². The number of aromatic nitrogens is 1. The number of anilines is 1. The molecule has 2 rings (SSSR count). The van der Waals surface area contributed by atoms with Crippen LogP contribution >= 0.6 is 0 Å². The highest BCUT2D eigenvalue weighted by Gasteiger charge is 2.44. The zero-order valence-electron chi connectivity index (χ0n) is 19.8. The van der Waals surface area contributed by atoms with Crippen molar-refractivity contribution in [3.63, 3.8) is 0 Å². The Bertz CT molecular complexity index is 987. The molecule has 0 bridgehead atoms. The number of nitrogen functional groups attached to an aromatic ring is 1. The topological polar surface area (TPSA) is 88.7 Å². The first-order valence-corrected chi connectivity index (χ1v) is 10.6. The number of hydrogen-bond donors (Lipinski definition) is 2. The third-order valence-corrected chi connectivity index (χ3v) is 5.19. The number of ether oxygens (including phenoxy) is 1. The molecule has 1 aromatic heterocycles. The molecule has 0 spiro atoms. The van der Waals surface area contributed by atoms with Crippen molar-refractivity contribution in [3.05, 3.63) is 42.1 Å². The second kappa shape index (κ2) is 9.49. The van der Waals surface area contributed by atoms with Crippen LogP contribution in [-0.4, -0.2) is 38.8 Å². The maximum atomic E-state index is 13.9. The van der Waals surface area contributed by atoms with Crippen LogP contribution in [0.5, 0.6) is 5.75 Å². The molecule has 9 heteroatoms. The highest BCUT2D eigenvalue weighted by atomic mass is 19.4. The Labute approximate surface area is 192 Å². The summed E-state index contributed by atoms with van der Waals surface area (Å²) in [7, 11) is 0. The minimum absolute atomic E-state index is 0.0874. The fourth-order valence-corrected chi connectivity index (χ4v) is 4.34. The normalized spacial score (nSPS) is 14.1. The molecule has 0 aliphatic carbocycles. The highest BCUT2D eigenvalue weighted by Crippen LogP contribution is 2.40. The Morgan fingerprint density at radius 1 is 1.12 bits per heavy atom. The van der Waals surface area contributed by atoms with Crippen LogP contribution in [0.1, 0.15) is 53.5 Å². The number of pyridine rings is 1. The SMILES string of the molecule is CC(C)C[C@@](C)(COc1ccc(-c2ccnc(N)c2)cc1C(F)(F)F)N(C(=O)O)C(C)(C)C. The van der Waals surface area contributed by atoms with Crippen molar-refractivity contribution in [1.29, 1.82) is 0 Å². The van der Waals surface area contributed by atoms with Gasteiger partial charge in [-0.05, 0) is 75.4 Å². The number of amides is 1. The first-order valence-electron chi connectivity index (χ1n) is 10.6. The van der Waals surface area contributed by atoms with Crippen molar-refractivity contribution < 1.29 is 27.8 Å². The molecule has 6 nitrogen and oxygen atoms in total. The summed E-state index contributed by atoms with van der Waals surface area (Å²) in [5.74, 6) is -0.0753. The molecule has 1 aromatic carbocycles. The molecule has 0 saturated heterocycles. The third kappa shape index (κ3) is 6.52. The van der Waals surface area contributed by atoms with Crippen LogP contribution in [0.3, 0.4) is 0 Å². The molecule has 1 heterocycles. The average molecular weight is 468 g/mol. The number of nitrogens with two attached hydrogens (primary N) is 1. The molecular weight excluding hydrogens is 435 g/mol. The first kappa shape index (κ1) is 26.3. The summed E-state index contributed by atoms with van der Waals surface area (Å²) in [4.78, 5) is 17.2. The largest absolute Gasteiger partial charge is 0.491 e. The molecule has 182 valence electrons. The van der Waals surface area contributed by atoms with Crippen LogP contribution < -0.4 is 10.5 Å².